The maximum atomic E-state index is 9.98. The van der Waals surface area contributed by atoms with Gasteiger partial charge in [-0.05, 0) is 42.5 Å². The van der Waals surface area contributed by atoms with Crippen molar-refractivity contribution in [3.63, 3.8) is 0 Å². The van der Waals surface area contributed by atoms with Gasteiger partial charge in [-0.25, -0.2) is 0 Å². The van der Waals surface area contributed by atoms with E-state index in [1.165, 1.54) is 11.1 Å². The van der Waals surface area contributed by atoms with Gasteiger partial charge < -0.3 is 23.7 Å². The minimum atomic E-state index is -0.312. The van der Waals surface area contributed by atoms with Crippen LogP contribution in [0.1, 0.15) is 29.5 Å². The van der Waals surface area contributed by atoms with Crippen LogP contribution in [-0.2, 0) is 22.3 Å². The van der Waals surface area contributed by atoms with E-state index in [9.17, 15) is 5.11 Å². The summed E-state index contributed by atoms with van der Waals surface area (Å²) in [7, 11) is 7.33. The van der Waals surface area contributed by atoms with E-state index in [0.717, 1.165) is 28.7 Å². The molecule has 0 aliphatic rings. The van der Waals surface area contributed by atoms with Gasteiger partial charge in [0.2, 0.25) is 0 Å². The fourth-order valence-corrected chi connectivity index (χ4v) is 4.21. The molecular formula is C26H31ClMgO3. The minimum Gasteiger partial charge on any atom is -0.497 e. The summed E-state index contributed by atoms with van der Waals surface area (Å²) in [6.45, 7) is 1.14. The molecule has 0 amide bonds. The summed E-state index contributed by atoms with van der Waals surface area (Å²) in [4.78, 5) is 0. The van der Waals surface area contributed by atoms with E-state index >= 15 is 0 Å². The number of aryl methyl sites for hydroxylation is 1. The molecule has 0 spiro atoms. The third kappa shape index (κ3) is 11.6. The number of rotatable bonds is 11. The highest BCUT2D eigenvalue weighted by atomic mass is 35.5. The van der Waals surface area contributed by atoms with Gasteiger partial charge in [0.25, 0.3) is 0 Å². The summed E-state index contributed by atoms with van der Waals surface area (Å²) in [6, 6.07) is 28.4. The van der Waals surface area contributed by atoms with Crippen molar-refractivity contribution in [2.45, 2.75) is 36.5 Å². The fraction of sp³-hybridized carbons (Fsp3) is 0.308. The fourth-order valence-electron chi connectivity index (χ4n) is 3.01. The number of hydrogen-bond donors (Lipinski definition) is 1. The molecule has 0 aromatic heterocycles. The predicted molar refractivity (Wildman–Crippen MR) is 130 cm³/mol. The Morgan fingerprint density at radius 3 is 2.00 bits per heavy atom. The molecule has 1 unspecified atom stereocenters. The highest BCUT2D eigenvalue weighted by Gasteiger charge is 2.05. The summed E-state index contributed by atoms with van der Waals surface area (Å²) < 4.78 is 11.8. The van der Waals surface area contributed by atoms with Crippen LogP contribution in [0.2, 0.25) is 0 Å². The summed E-state index contributed by atoms with van der Waals surface area (Å²) in [6.07, 6.45) is 2.04. The van der Waals surface area contributed by atoms with Gasteiger partial charge in [-0.2, -0.15) is 0 Å². The lowest BCUT2D eigenvalue weighted by atomic mass is 10.1. The van der Waals surface area contributed by atoms with Gasteiger partial charge in [0.1, 0.15) is 5.75 Å². The number of ether oxygens (including phenoxy) is 2. The largest absolute Gasteiger partial charge is 0.505 e. The Morgan fingerprint density at radius 1 is 0.806 bits per heavy atom. The Balaban J connectivity index is 0.000000316. The standard InChI is InChI=1S/C19H24O3.C7H7.ClH.Mg/c1-21-19-11-8-17(9-12-19)15-22-14-13-18(20)10-7-16-5-3-2-4-6-16;1-7-5-3-2-4-6-7;;/h2-6,8-9,11-12,18,20H,7,10,13-15H2,1H3;2-6H,1H2;1H;/q;;;+1/p-1. The van der Waals surface area contributed by atoms with Gasteiger partial charge in [0.05, 0.1) is 19.8 Å². The zero-order chi connectivity index (χ0) is 22.2. The van der Waals surface area contributed by atoms with Crippen LogP contribution >= 0.6 is 9.07 Å². The van der Waals surface area contributed by atoms with E-state index in [0.29, 0.717) is 19.6 Å². The van der Waals surface area contributed by atoms with Gasteiger partial charge in [0, 0.05) is 6.61 Å². The molecule has 5 heteroatoms. The molecule has 0 aliphatic carbocycles. The smallest absolute Gasteiger partial charge is 0.497 e. The van der Waals surface area contributed by atoms with Crippen molar-refractivity contribution in [3.05, 3.63) is 102 Å². The van der Waals surface area contributed by atoms with Crippen LogP contribution < -0.4 is 4.74 Å². The zero-order valence-corrected chi connectivity index (χ0v) is 20.4. The highest BCUT2D eigenvalue weighted by Crippen LogP contribution is 2.12. The molecular weight excluding hydrogens is 420 g/mol. The molecule has 0 radical (unpaired) electrons. The molecule has 3 aromatic rings. The Bertz CT molecular complexity index is 813. The van der Waals surface area contributed by atoms with E-state index in [-0.39, 0.29) is 25.4 Å². The molecule has 31 heavy (non-hydrogen) atoms. The average Bonchev–Trinajstić information content (AvgIpc) is 2.83. The van der Waals surface area contributed by atoms with E-state index in [2.05, 4.69) is 36.4 Å². The first-order valence-electron chi connectivity index (χ1n) is 10.7. The van der Waals surface area contributed by atoms with Gasteiger partial charge in [-0.3, -0.25) is 0 Å². The van der Waals surface area contributed by atoms with Crippen molar-refractivity contribution < 1.29 is 14.6 Å². The third-order valence-electron chi connectivity index (χ3n) is 4.86. The lowest BCUT2D eigenvalue weighted by Gasteiger charge is -2.11. The number of benzene rings is 3. The Hall–Kier alpha value is -1.56. The first kappa shape index (κ1) is 25.7. The molecule has 162 valence electrons. The molecule has 3 rings (SSSR count). The molecule has 0 bridgehead atoms. The second-order valence-electron chi connectivity index (χ2n) is 7.29. The molecule has 1 atom stereocenters. The number of hydrogen-bond acceptors (Lipinski definition) is 3. The van der Waals surface area contributed by atoms with Gasteiger partial charge >= 0.3 is 19.3 Å². The molecule has 3 aromatic carbocycles. The summed E-state index contributed by atoms with van der Waals surface area (Å²) in [5, 5.41) is 9.98. The lowest BCUT2D eigenvalue weighted by molar-refractivity contribution is 0.0702. The van der Waals surface area contributed by atoms with Gasteiger partial charge in [-0.15, -0.1) is 0 Å². The summed E-state index contributed by atoms with van der Waals surface area (Å²) in [5.41, 5.74) is 3.75. The van der Waals surface area contributed by atoms with Crippen LogP contribution in [0.4, 0.5) is 0 Å². The van der Waals surface area contributed by atoms with Crippen molar-refractivity contribution in [2.75, 3.05) is 13.7 Å². The molecule has 0 aliphatic heterocycles. The van der Waals surface area contributed by atoms with E-state index < -0.39 is 0 Å². The first-order valence-corrected chi connectivity index (χ1v) is 13.9. The molecule has 0 heterocycles. The Morgan fingerprint density at radius 2 is 1.42 bits per heavy atom. The van der Waals surface area contributed by atoms with Crippen LogP contribution in [0, 0.1) is 0 Å². The second-order valence-corrected chi connectivity index (χ2v) is 9.30. The second kappa shape index (κ2) is 16.1. The maximum Gasteiger partial charge on any atom is 0.505 e. The third-order valence-corrected chi connectivity index (χ3v) is 6.19. The Labute approximate surface area is 199 Å². The van der Waals surface area contributed by atoms with Crippen molar-refractivity contribution in [3.8, 4) is 5.75 Å². The average molecular weight is 451 g/mol. The van der Waals surface area contributed by atoms with Crippen LogP contribution in [0.5, 0.6) is 5.75 Å². The number of aliphatic hydroxyl groups excluding tert-OH is 1. The SMILES string of the molecule is COc1ccc(COCCC(O)CCc2ccccc2)cc1.[Cl][Mg][CH2]c1ccccc1. The predicted octanol–water partition coefficient (Wildman–Crippen LogP) is 5.64. The van der Waals surface area contributed by atoms with Crippen molar-refractivity contribution in [1.82, 2.24) is 0 Å². The van der Waals surface area contributed by atoms with Gasteiger partial charge in [-0.1, -0.05) is 82.9 Å². The lowest BCUT2D eigenvalue weighted by Crippen LogP contribution is -2.11. The van der Waals surface area contributed by atoms with Crippen molar-refractivity contribution >= 4 is 28.3 Å². The molecule has 0 saturated carbocycles. The van der Waals surface area contributed by atoms with Gasteiger partial charge in [0.15, 0.2) is 0 Å². The summed E-state index contributed by atoms with van der Waals surface area (Å²) in [5.74, 6) is 0.847. The normalized spacial score (nSPS) is 11.1. The quantitative estimate of drug-likeness (QED) is 0.303. The van der Waals surface area contributed by atoms with Crippen LogP contribution in [-0.4, -0.2) is 44.2 Å². The van der Waals surface area contributed by atoms with Crippen molar-refractivity contribution in [1.29, 1.82) is 0 Å². The molecule has 0 saturated heterocycles. The molecule has 1 N–H and O–H groups in total. The van der Waals surface area contributed by atoms with Crippen molar-refractivity contribution in [2.24, 2.45) is 0 Å². The van der Waals surface area contributed by atoms with E-state index in [4.69, 9.17) is 18.5 Å². The maximum absolute atomic E-state index is 9.98. The first-order chi connectivity index (χ1) is 15.2. The Kier molecular flexibility index (Phi) is 13.4. The summed E-state index contributed by atoms with van der Waals surface area (Å²) >= 11 is -0.312. The van der Waals surface area contributed by atoms with Crippen LogP contribution in [0.25, 0.3) is 0 Å². The molecule has 0 fully saturated rings. The number of halogens is 1. The number of methoxy groups -OCH3 is 1. The number of aliphatic hydroxyl groups is 1. The highest BCUT2D eigenvalue weighted by molar-refractivity contribution is 6.93. The van der Waals surface area contributed by atoms with Crippen LogP contribution in [0.3, 0.4) is 0 Å². The zero-order valence-electron chi connectivity index (χ0n) is 18.3. The molecule has 3 nitrogen and oxygen atoms in total. The topological polar surface area (TPSA) is 38.7 Å². The minimum absolute atomic E-state index is 0.309. The van der Waals surface area contributed by atoms with E-state index in [1.807, 2.05) is 48.5 Å². The van der Waals surface area contributed by atoms with E-state index in [1.54, 1.807) is 7.11 Å². The monoisotopic (exact) mass is 450 g/mol. The van der Waals surface area contributed by atoms with Crippen LogP contribution in [0.15, 0.2) is 84.9 Å².